The first-order chi connectivity index (χ1) is 8.24. The molecule has 5 heteroatoms. The van der Waals surface area contributed by atoms with Crippen LogP contribution in [0.2, 0.25) is 0 Å². The first-order valence-electron chi connectivity index (χ1n) is 5.82. The van der Waals surface area contributed by atoms with Crippen LogP contribution in [0.25, 0.3) is 0 Å². The largest absolute Gasteiger partial charge is 0.481 e. The van der Waals surface area contributed by atoms with Crippen LogP contribution < -0.4 is 0 Å². The number of carboxylic acids is 1. The molecule has 0 radical (unpaired) electrons. The SMILES string of the molecule is O=C(O)CCC1CN(Cc2ccco2)CCO1. The summed E-state index contributed by atoms with van der Waals surface area (Å²) in [6.07, 6.45) is 2.43. The van der Waals surface area contributed by atoms with Crippen LogP contribution in [0.5, 0.6) is 0 Å². The Labute approximate surface area is 100.0 Å². The molecular weight excluding hydrogens is 222 g/mol. The quantitative estimate of drug-likeness (QED) is 0.840. The van der Waals surface area contributed by atoms with Gasteiger partial charge in [-0.3, -0.25) is 9.69 Å². The maximum absolute atomic E-state index is 10.5. The number of rotatable bonds is 5. The van der Waals surface area contributed by atoms with Gasteiger partial charge in [0.2, 0.25) is 0 Å². The Morgan fingerprint density at radius 1 is 1.59 bits per heavy atom. The minimum atomic E-state index is -0.767. The fourth-order valence-electron chi connectivity index (χ4n) is 2.01. The Morgan fingerprint density at radius 2 is 2.47 bits per heavy atom. The standard InChI is InChI=1S/C12H17NO4/c14-12(15)4-3-11-9-13(5-7-17-11)8-10-2-1-6-16-10/h1-2,6,11H,3-5,7-9H2,(H,14,15). The lowest BCUT2D eigenvalue weighted by Crippen LogP contribution is -2.42. The maximum Gasteiger partial charge on any atom is 0.303 e. The molecule has 0 amide bonds. The number of hydrogen-bond acceptors (Lipinski definition) is 4. The third-order valence-electron chi connectivity index (χ3n) is 2.86. The van der Waals surface area contributed by atoms with Gasteiger partial charge in [0.05, 0.1) is 25.5 Å². The van der Waals surface area contributed by atoms with E-state index in [0.29, 0.717) is 13.0 Å². The normalized spacial score (nSPS) is 21.5. The average molecular weight is 239 g/mol. The van der Waals surface area contributed by atoms with Gasteiger partial charge < -0.3 is 14.3 Å². The molecule has 1 fully saturated rings. The highest BCUT2D eigenvalue weighted by Gasteiger charge is 2.21. The second-order valence-electron chi connectivity index (χ2n) is 4.24. The van der Waals surface area contributed by atoms with Crippen molar-refractivity contribution in [2.24, 2.45) is 0 Å². The number of hydrogen-bond donors (Lipinski definition) is 1. The van der Waals surface area contributed by atoms with E-state index in [-0.39, 0.29) is 12.5 Å². The van der Waals surface area contributed by atoms with Gasteiger partial charge in [-0.05, 0) is 18.6 Å². The molecule has 1 N–H and O–H groups in total. The molecule has 0 aromatic carbocycles. The summed E-state index contributed by atoms with van der Waals surface area (Å²) in [5.41, 5.74) is 0. The van der Waals surface area contributed by atoms with Crippen molar-refractivity contribution in [2.75, 3.05) is 19.7 Å². The molecule has 1 unspecified atom stereocenters. The lowest BCUT2D eigenvalue weighted by atomic mass is 10.1. The highest BCUT2D eigenvalue weighted by molar-refractivity contribution is 5.66. The molecule has 1 aromatic heterocycles. The monoisotopic (exact) mass is 239 g/mol. The number of carbonyl (C=O) groups is 1. The topological polar surface area (TPSA) is 62.9 Å². The summed E-state index contributed by atoms with van der Waals surface area (Å²) in [6, 6.07) is 3.82. The summed E-state index contributed by atoms with van der Waals surface area (Å²) in [4.78, 5) is 12.7. The molecule has 5 nitrogen and oxygen atoms in total. The Morgan fingerprint density at radius 3 is 3.18 bits per heavy atom. The summed E-state index contributed by atoms with van der Waals surface area (Å²) in [7, 11) is 0. The zero-order valence-corrected chi connectivity index (χ0v) is 9.67. The van der Waals surface area contributed by atoms with E-state index in [1.54, 1.807) is 6.26 Å². The van der Waals surface area contributed by atoms with E-state index < -0.39 is 5.97 Å². The van der Waals surface area contributed by atoms with Gasteiger partial charge >= 0.3 is 5.97 Å². The van der Waals surface area contributed by atoms with Gasteiger partial charge in [0.25, 0.3) is 0 Å². The Balaban J connectivity index is 1.78. The molecule has 2 heterocycles. The van der Waals surface area contributed by atoms with E-state index in [4.69, 9.17) is 14.3 Å². The number of aliphatic carboxylic acids is 1. The van der Waals surface area contributed by atoms with Crippen molar-refractivity contribution < 1.29 is 19.1 Å². The molecule has 1 atom stereocenters. The summed E-state index contributed by atoms with van der Waals surface area (Å²) >= 11 is 0. The molecular formula is C12H17NO4. The van der Waals surface area contributed by atoms with Crippen LogP contribution in [-0.4, -0.2) is 41.8 Å². The van der Waals surface area contributed by atoms with Gasteiger partial charge in [-0.2, -0.15) is 0 Å². The molecule has 17 heavy (non-hydrogen) atoms. The molecule has 0 spiro atoms. The lowest BCUT2D eigenvalue weighted by molar-refractivity contribution is -0.138. The molecule has 94 valence electrons. The van der Waals surface area contributed by atoms with Gasteiger partial charge in [0.1, 0.15) is 5.76 Å². The van der Waals surface area contributed by atoms with Crippen molar-refractivity contribution in [1.29, 1.82) is 0 Å². The summed E-state index contributed by atoms with van der Waals surface area (Å²) < 4.78 is 10.8. The second-order valence-corrected chi connectivity index (χ2v) is 4.24. The van der Waals surface area contributed by atoms with E-state index in [0.717, 1.165) is 25.4 Å². The van der Waals surface area contributed by atoms with Crippen LogP contribution in [0, 0.1) is 0 Å². The van der Waals surface area contributed by atoms with Gasteiger partial charge in [0.15, 0.2) is 0 Å². The van der Waals surface area contributed by atoms with Crippen molar-refractivity contribution in [3.8, 4) is 0 Å². The van der Waals surface area contributed by atoms with Crippen molar-refractivity contribution >= 4 is 5.97 Å². The first-order valence-corrected chi connectivity index (χ1v) is 5.82. The van der Waals surface area contributed by atoms with Crippen molar-refractivity contribution in [3.63, 3.8) is 0 Å². The van der Waals surface area contributed by atoms with E-state index in [1.807, 2.05) is 12.1 Å². The van der Waals surface area contributed by atoms with Crippen molar-refractivity contribution in [2.45, 2.75) is 25.5 Å². The van der Waals surface area contributed by atoms with Crippen LogP contribution in [0.15, 0.2) is 22.8 Å². The molecule has 0 aliphatic carbocycles. The number of morpholine rings is 1. The Kier molecular flexibility index (Phi) is 4.17. The van der Waals surface area contributed by atoms with E-state index in [1.165, 1.54) is 0 Å². The molecule has 2 rings (SSSR count). The number of furan rings is 1. The van der Waals surface area contributed by atoms with Gasteiger partial charge in [-0.15, -0.1) is 0 Å². The van der Waals surface area contributed by atoms with Gasteiger partial charge in [-0.1, -0.05) is 0 Å². The number of ether oxygens (including phenoxy) is 1. The molecule has 1 aliphatic rings. The van der Waals surface area contributed by atoms with Crippen LogP contribution in [-0.2, 0) is 16.1 Å². The highest BCUT2D eigenvalue weighted by Crippen LogP contribution is 2.13. The predicted molar refractivity (Wildman–Crippen MR) is 60.6 cm³/mol. The molecule has 1 aromatic rings. The van der Waals surface area contributed by atoms with E-state index in [9.17, 15) is 4.79 Å². The first kappa shape index (κ1) is 12.1. The lowest BCUT2D eigenvalue weighted by Gasteiger charge is -2.32. The average Bonchev–Trinajstić information content (AvgIpc) is 2.80. The molecule has 0 saturated carbocycles. The second kappa shape index (κ2) is 5.84. The molecule has 0 bridgehead atoms. The number of carboxylic acid groups (broad SMARTS) is 1. The van der Waals surface area contributed by atoms with Crippen LogP contribution in [0.1, 0.15) is 18.6 Å². The van der Waals surface area contributed by atoms with Crippen molar-refractivity contribution in [3.05, 3.63) is 24.2 Å². The highest BCUT2D eigenvalue weighted by atomic mass is 16.5. The zero-order valence-electron chi connectivity index (χ0n) is 9.67. The maximum atomic E-state index is 10.5. The third-order valence-corrected chi connectivity index (χ3v) is 2.86. The molecule has 1 saturated heterocycles. The summed E-state index contributed by atoms with van der Waals surface area (Å²) in [6.45, 7) is 3.06. The zero-order chi connectivity index (χ0) is 12.1. The third kappa shape index (κ3) is 3.87. The summed E-state index contributed by atoms with van der Waals surface area (Å²) in [5, 5.41) is 8.63. The smallest absolute Gasteiger partial charge is 0.303 e. The Hall–Kier alpha value is -1.33. The van der Waals surface area contributed by atoms with E-state index in [2.05, 4.69) is 4.90 Å². The fourth-order valence-corrected chi connectivity index (χ4v) is 2.01. The van der Waals surface area contributed by atoms with Gasteiger partial charge in [0, 0.05) is 19.5 Å². The van der Waals surface area contributed by atoms with Crippen LogP contribution in [0.4, 0.5) is 0 Å². The minimum Gasteiger partial charge on any atom is -0.481 e. The number of nitrogens with zero attached hydrogens (tertiary/aromatic N) is 1. The summed E-state index contributed by atoms with van der Waals surface area (Å²) in [5.74, 6) is 0.167. The van der Waals surface area contributed by atoms with Crippen LogP contribution in [0.3, 0.4) is 0 Å². The van der Waals surface area contributed by atoms with Crippen LogP contribution >= 0.6 is 0 Å². The van der Waals surface area contributed by atoms with E-state index >= 15 is 0 Å². The van der Waals surface area contributed by atoms with Gasteiger partial charge in [-0.25, -0.2) is 0 Å². The predicted octanol–water partition coefficient (Wildman–Crippen LogP) is 1.35. The minimum absolute atomic E-state index is 0.0230. The van der Waals surface area contributed by atoms with Crippen molar-refractivity contribution in [1.82, 2.24) is 4.90 Å². The fraction of sp³-hybridized carbons (Fsp3) is 0.583. The molecule has 1 aliphatic heterocycles. The Bertz CT molecular complexity index is 349.